The number of nitrogens with one attached hydrogen (secondary N) is 1. The molecule has 1 fully saturated rings. The number of nitrogens with zero attached hydrogens (tertiary/aromatic N) is 2. The maximum Gasteiger partial charge on any atom is 0.251 e. The third-order valence-electron chi connectivity index (χ3n) is 4.60. The van der Waals surface area contributed by atoms with Gasteiger partial charge in [0, 0.05) is 37.0 Å². The van der Waals surface area contributed by atoms with Crippen LogP contribution in [0, 0.1) is 13.8 Å². The molecule has 2 aromatic heterocycles. The van der Waals surface area contributed by atoms with Crippen molar-refractivity contribution in [1.29, 1.82) is 0 Å². The van der Waals surface area contributed by atoms with Crippen molar-refractivity contribution in [3.63, 3.8) is 0 Å². The Bertz CT molecular complexity index is 822. The summed E-state index contributed by atoms with van der Waals surface area (Å²) in [6, 6.07) is 2.64. The smallest absolute Gasteiger partial charge is 0.251 e. The minimum Gasteiger partial charge on any atom is -0.379 e. The lowest BCUT2D eigenvalue weighted by molar-refractivity contribution is -0.0608. The highest BCUT2D eigenvalue weighted by Crippen LogP contribution is 2.18. The number of pyridine rings is 1. The number of rotatable bonds is 5. The van der Waals surface area contributed by atoms with Crippen molar-refractivity contribution < 1.29 is 18.8 Å². The van der Waals surface area contributed by atoms with Crippen molar-refractivity contribution in [2.24, 2.45) is 7.05 Å². The normalized spacial score (nSPS) is 20.1. The van der Waals surface area contributed by atoms with Gasteiger partial charge in [0.1, 0.15) is 5.76 Å². The van der Waals surface area contributed by atoms with E-state index in [4.69, 9.17) is 14.0 Å². The second-order valence-electron chi connectivity index (χ2n) is 6.46. The lowest BCUT2D eigenvalue weighted by Crippen LogP contribution is -2.50. The highest BCUT2D eigenvalue weighted by atomic mass is 16.5. The fraction of sp³-hybridized carbons (Fsp3) is 0.500. The van der Waals surface area contributed by atoms with Gasteiger partial charge in [-0.2, -0.15) is 0 Å². The van der Waals surface area contributed by atoms with Gasteiger partial charge in [-0.1, -0.05) is 5.16 Å². The zero-order valence-electron chi connectivity index (χ0n) is 15.2. The molecule has 1 aliphatic heterocycles. The van der Waals surface area contributed by atoms with E-state index in [-0.39, 0.29) is 23.6 Å². The fourth-order valence-corrected chi connectivity index (χ4v) is 2.89. The van der Waals surface area contributed by atoms with E-state index in [1.54, 1.807) is 19.3 Å². The molecular weight excluding hydrogens is 338 g/mol. The lowest BCUT2D eigenvalue weighted by atomic mass is 10.1. The van der Waals surface area contributed by atoms with Crippen LogP contribution in [0.25, 0.3) is 0 Å². The summed E-state index contributed by atoms with van der Waals surface area (Å²) < 4.78 is 18.1. The summed E-state index contributed by atoms with van der Waals surface area (Å²) in [6.07, 6.45) is 2.05. The van der Waals surface area contributed by atoms with Crippen LogP contribution in [-0.4, -0.2) is 41.0 Å². The average Bonchev–Trinajstić information content (AvgIpc) is 2.94. The molecule has 2 aromatic rings. The Balaban J connectivity index is 1.65. The van der Waals surface area contributed by atoms with Crippen molar-refractivity contribution in [3.8, 4) is 0 Å². The van der Waals surface area contributed by atoms with Crippen LogP contribution in [0.5, 0.6) is 0 Å². The Hall–Kier alpha value is -2.45. The summed E-state index contributed by atoms with van der Waals surface area (Å²) in [5.41, 5.74) is 1.82. The van der Waals surface area contributed by atoms with Crippen molar-refractivity contribution >= 4 is 5.91 Å². The first-order valence-electron chi connectivity index (χ1n) is 8.54. The zero-order valence-corrected chi connectivity index (χ0v) is 15.2. The molecule has 26 heavy (non-hydrogen) atoms. The summed E-state index contributed by atoms with van der Waals surface area (Å²) in [7, 11) is 1.64. The summed E-state index contributed by atoms with van der Waals surface area (Å²) in [4.78, 5) is 24.2. The van der Waals surface area contributed by atoms with Gasteiger partial charge < -0.3 is 23.9 Å². The highest BCUT2D eigenvalue weighted by molar-refractivity contribution is 5.94. The molecule has 0 spiro atoms. The van der Waals surface area contributed by atoms with Gasteiger partial charge in [0.15, 0.2) is 0 Å². The third-order valence-corrected chi connectivity index (χ3v) is 4.60. The average molecular weight is 361 g/mol. The number of hydrogen-bond donors (Lipinski definition) is 1. The number of carbonyl (C=O) groups excluding carboxylic acids is 1. The van der Waals surface area contributed by atoms with Crippen molar-refractivity contribution in [3.05, 3.63) is 51.3 Å². The van der Waals surface area contributed by atoms with Crippen LogP contribution in [0.1, 0.15) is 33.8 Å². The lowest BCUT2D eigenvalue weighted by Gasteiger charge is -2.32. The van der Waals surface area contributed by atoms with E-state index in [1.165, 1.54) is 10.6 Å². The van der Waals surface area contributed by atoms with Gasteiger partial charge in [-0.25, -0.2) is 0 Å². The summed E-state index contributed by atoms with van der Waals surface area (Å²) in [5, 5.41) is 6.84. The first-order chi connectivity index (χ1) is 12.5. The van der Waals surface area contributed by atoms with Gasteiger partial charge in [0.05, 0.1) is 31.1 Å². The highest BCUT2D eigenvalue weighted by Gasteiger charge is 2.29. The first kappa shape index (κ1) is 18.3. The van der Waals surface area contributed by atoms with Crippen LogP contribution >= 0.6 is 0 Å². The van der Waals surface area contributed by atoms with E-state index in [1.807, 2.05) is 13.8 Å². The molecule has 1 N–H and O–H groups in total. The van der Waals surface area contributed by atoms with Gasteiger partial charge in [0.25, 0.3) is 11.5 Å². The van der Waals surface area contributed by atoms with E-state index in [9.17, 15) is 9.59 Å². The Morgan fingerprint density at radius 3 is 2.96 bits per heavy atom. The zero-order chi connectivity index (χ0) is 18.7. The van der Waals surface area contributed by atoms with Crippen LogP contribution in [0.3, 0.4) is 0 Å². The SMILES string of the molecule is Cc1noc(C)c1CO[C@H]1CCOC[C@H]1NC(=O)c1ccn(C)c(=O)c1. The minimum atomic E-state index is -0.316. The fourth-order valence-electron chi connectivity index (χ4n) is 2.89. The molecule has 0 saturated carbocycles. The number of aromatic nitrogens is 2. The standard InChI is InChI=1S/C18H23N3O5/c1-11-14(12(2)26-20-11)9-25-16-5-7-24-10-15(16)19-18(23)13-4-6-21(3)17(22)8-13/h4,6,8,15-16H,5,7,9-10H2,1-3H3,(H,19,23)/t15-,16+/m1/s1. The predicted molar refractivity (Wildman–Crippen MR) is 92.9 cm³/mol. The number of amides is 1. The van der Waals surface area contributed by atoms with Gasteiger partial charge >= 0.3 is 0 Å². The van der Waals surface area contributed by atoms with E-state index in [0.717, 1.165) is 17.0 Å². The van der Waals surface area contributed by atoms with Crippen molar-refractivity contribution in [1.82, 2.24) is 15.0 Å². The minimum absolute atomic E-state index is 0.187. The van der Waals surface area contributed by atoms with Crippen LogP contribution in [0.2, 0.25) is 0 Å². The van der Waals surface area contributed by atoms with E-state index < -0.39 is 0 Å². The van der Waals surface area contributed by atoms with Gasteiger partial charge in [-0.05, 0) is 26.3 Å². The topological polar surface area (TPSA) is 95.6 Å². The quantitative estimate of drug-likeness (QED) is 0.857. The van der Waals surface area contributed by atoms with Crippen molar-refractivity contribution in [2.45, 2.75) is 39.0 Å². The third kappa shape index (κ3) is 4.03. The molecule has 8 nitrogen and oxygen atoms in total. The molecule has 1 amide bonds. The Kier molecular flexibility index (Phi) is 5.53. The van der Waals surface area contributed by atoms with Crippen LogP contribution in [0.15, 0.2) is 27.6 Å². The number of carbonyl (C=O) groups is 1. The largest absolute Gasteiger partial charge is 0.379 e. The molecule has 0 aromatic carbocycles. The van der Waals surface area contributed by atoms with Crippen LogP contribution < -0.4 is 10.9 Å². The summed E-state index contributed by atoms with van der Waals surface area (Å²) >= 11 is 0. The molecule has 1 saturated heterocycles. The van der Waals surface area contributed by atoms with Crippen LogP contribution in [-0.2, 0) is 23.1 Å². The molecule has 3 rings (SSSR count). The second kappa shape index (κ2) is 7.84. The molecule has 8 heteroatoms. The molecular formula is C18H23N3O5. The molecule has 2 atom stereocenters. The first-order valence-corrected chi connectivity index (χ1v) is 8.54. The van der Waals surface area contributed by atoms with E-state index >= 15 is 0 Å². The Morgan fingerprint density at radius 2 is 2.27 bits per heavy atom. The molecule has 0 bridgehead atoms. The van der Waals surface area contributed by atoms with Crippen LogP contribution in [0.4, 0.5) is 0 Å². The Morgan fingerprint density at radius 1 is 1.46 bits per heavy atom. The van der Waals surface area contributed by atoms with Gasteiger partial charge in [0.2, 0.25) is 0 Å². The van der Waals surface area contributed by atoms with E-state index in [0.29, 0.717) is 31.8 Å². The summed E-state index contributed by atoms with van der Waals surface area (Å²) in [6.45, 7) is 5.02. The van der Waals surface area contributed by atoms with Gasteiger partial charge in [-0.3, -0.25) is 9.59 Å². The molecule has 0 radical (unpaired) electrons. The molecule has 0 aliphatic carbocycles. The molecule has 140 valence electrons. The maximum atomic E-state index is 12.5. The van der Waals surface area contributed by atoms with Gasteiger partial charge in [-0.15, -0.1) is 0 Å². The number of ether oxygens (including phenoxy) is 2. The molecule has 1 aliphatic rings. The number of aryl methyl sites for hydroxylation is 3. The Labute approximate surface area is 151 Å². The number of hydrogen-bond acceptors (Lipinski definition) is 6. The summed E-state index contributed by atoms with van der Waals surface area (Å²) in [5.74, 6) is 0.416. The monoisotopic (exact) mass is 361 g/mol. The predicted octanol–water partition coefficient (Wildman–Crippen LogP) is 1.09. The van der Waals surface area contributed by atoms with E-state index in [2.05, 4.69) is 10.5 Å². The molecule has 3 heterocycles. The van der Waals surface area contributed by atoms with Crippen molar-refractivity contribution in [2.75, 3.05) is 13.2 Å². The maximum absolute atomic E-state index is 12.5. The molecule has 0 unspecified atom stereocenters. The second-order valence-corrected chi connectivity index (χ2v) is 6.46.